The van der Waals surface area contributed by atoms with Crippen molar-refractivity contribution in [2.75, 3.05) is 0 Å². The maximum absolute atomic E-state index is 11.9. The van der Waals surface area contributed by atoms with Crippen LogP contribution in [0.25, 0.3) is 22.0 Å². The second kappa shape index (κ2) is 8.13. The van der Waals surface area contributed by atoms with Gasteiger partial charge in [0.25, 0.3) is 0 Å². The minimum absolute atomic E-state index is 0.0599. The summed E-state index contributed by atoms with van der Waals surface area (Å²) in [7, 11) is 0. The zero-order valence-corrected chi connectivity index (χ0v) is 17.2. The van der Waals surface area contributed by atoms with Gasteiger partial charge in [0.2, 0.25) is 0 Å². The average Bonchev–Trinajstić information content (AvgIpc) is 3.07. The molecule has 0 atom stereocenters. The molecule has 3 aromatic carbocycles. The first kappa shape index (κ1) is 19.9. The minimum Gasteiger partial charge on any atom is -0.491 e. The number of aromatic nitrogens is 1. The van der Waals surface area contributed by atoms with E-state index in [-0.39, 0.29) is 11.8 Å². The molecular formula is C24H20ClNO4. The largest absolute Gasteiger partial charge is 0.491 e. The normalized spacial score (nSPS) is 11.1. The van der Waals surface area contributed by atoms with E-state index in [0.717, 1.165) is 16.7 Å². The van der Waals surface area contributed by atoms with Crippen LogP contribution >= 0.6 is 11.6 Å². The summed E-state index contributed by atoms with van der Waals surface area (Å²) in [5.41, 5.74) is 2.21. The van der Waals surface area contributed by atoms with E-state index >= 15 is 0 Å². The lowest BCUT2D eigenvalue weighted by Gasteiger charge is -2.10. The molecule has 5 nitrogen and oxygen atoms in total. The molecule has 0 unspecified atom stereocenters. The molecule has 0 aliphatic heterocycles. The number of aromatic amines is 1. The van der Waals surface area contributed by atoms with Crippen molar-refractivity contribution < 1.29 is 19.4 Å². The Morgan fingerprint density at radius 2 is 1.67 bits per heavy atom. The monoisotopic (exact) mass is 421 g/mol. The van der Waals surface area contributed by atoms with E-state index in [9.17, 15) is 9.90 Å². The van der Waals surface area contributed by atoms with E-state index in [1.54, 1.807) is 30.3 Å². The highest BCUT2D eigenvalue weighted by atomic mass is 35.5. The topological polar surface area (TPSA) is 71.5 Å². The van der Waals surface area contributed by atoms with Gasteiger partial charge in [-0.15, -0.1) is 0 Å². The van der Waals surface area contributed by atoms with Gasteiger partial charge in [0.1, 0.15) is 22.9 Å². The summed E-state index contributed by atoms with van der Waals surface area (Å²) < 4.78 is 11.6. The van der Waals surface area contributed by atoms with E-state index in [4.69, 9.17) is 21.1 Å². The third-order valence-electron chi connectivity index (χ3n) is 4.53. The molecule has 0 saturated heterocycles. The van der Waals surface area contributed by atoms with Gasteiger partial charge >= 0.3 is 5.97 Å². The van der Waals surface area contributed by atoms with Crippen molar-refractivity contribution in [1.29, 1.82) is 0 Å². The maximum atomic E-state index is 11.9. The summed E-state index contributed by atoms with van der Waals surface area (Å²) in [5, 5.41) is 11.1. The van der Waals surface area contributed by atoms with Gasteiger partial charge in [0, 0.05) is 21.5 Å². The third kappa shape index (κ3) is 4.11. The van der Waals surface area contributed by atoms with Crippen molar-refractivity contribution in [3.8, 4) is 28.4 Å². The van der Waals surface area contributed by atoms with Crippen LogP contribution in [-0.4, -0.2) is 22.2 Å². The lowest BCUT2D eigenvalue weighted by molar-refractivity contribution is 0.0692. The van der Waals surface area contributed by atoms with E-state index in [2.05, 4.69) is 4.98 Å². The number of carboxylic acid groups (broad SMARTS) is 1. The van der Waals surface area contributed by atoms with Gasteiger partial charge < -0.3 is 19.6 Å². The Morgan fingerprint density at radius 3 is 2.33 bits per heavy atom. The number of rotatable bonds is 6. The summed E-state index contributed by atoms with van der Waals surface area (Å²) in [4.78, 5) is 14.9. The number of hydrogen-bond acceptors (Lipinski definition) is 3. The standard InChI is InChI=1S/C24H20ClNO4/c1-14(2)29-17-8-6-15(7-9-17)22-20-13-19(30-18-5-3-4-16(25)12-18)10-11-21(20)26-23(22)24(27)28/h3-14,26H,1-2H3,(H,27,28). The summed E-state index contributed by atoms with van der Waals surface area (Å²) in [6.07, 6.45) is 0.0599. The van der Waals surface area contributed by atoms with Gasteiger partial charge in [-0.1, -0.05) is 29.8 Å². The van der Waals surface area contributed by atoms with Crippen LogP contribution < -0.4 is 9.47 Å². The highest BCUT2D eigenvalue weighted by Gasteiger charge is 2.19. The molecule has 0 bridgehead atoms. The lowest BCUT2D eigenvalue weighted by atomic mass is 10.0. The molecule has 2 N–H and O–H groups in total. The SMILES string of the molecule is CC(C)Oc1ccc(-c2c(C(=O)O)[nH]c3ccc(Oc4cccc(Cl)c4)cc23)cc1. The number of carbonyl (C=O) groups is 1. The predicted octanol–water partition coefficient (Wildman–Crippen LogP) is 6.77. The van der Waals surface area contributed by atoms with Crippen LogP contribution in [0.4, 0.5) is 0 Å². The fraction of sp³-hybridized carbons (Fsp3) is 0.125. The predicted molar refractivity (Wildman–Crippen MR) is 118 cm³/mol. The van der Waals surface area contributed by atoms with Gasteiger partial charge in [-0.25, -0.2) is 4.79 Å². The van der Waals surface area contributed by atoms with E-state index in [1.807, 2.05) is 50.2 Å². The molecule has 30 heavy (non-hydrogen) atoms. The fourth-order valence-corrected chi connectivity index (χ4v) is 3.51. The van der Waals surface area contributed by atoms with Crippen molar-refractivity contribution in [1.82, 2.24) is 4.98 Å². The molecule has 0 amide bonds. The molecule has 0 radical (unpaired) electrons. The van der Waals surface area contributed by atoms with Gasteiger partial charge in [0.05, 0.1) is 6.10 Å². The van der Waals surface area contributed by atoms with E-state index in [0.29, 0.717) is 27.6 Å². The Morgan fingerprint density at radius 1 is 0.967 bits per heavy atom. The average molecular weight is 422 g/mol. The van der Waals surface area contributed by atoms with Crippen LogP contribution in [0.2, 0.25) is 5.02 Å². The molecule has 0 spiro atoms. The first-order chi connectivity index (χ1) is 14.4. The summed E-state index contributed by atoms with van der Waals surface area (Å²) in [5.74, 6) is 0.894. The smallest absolute Gasteiger partial charge is 0.352 e. The first-order valence-corrected chi connectivity index (χ1v) is 9.88. The number of halogens is 1. The number of benzene rings is 3. The first-order valence-electron chi connectivity index (χ1n) is 9.50. The Hall–Kier alpha value is -3.44. The van der Waals surface area contributed by atoms with Gasteiger partial charge in [0.15, 0.2) is 0 Å². The van der Waals surface area contributed by atoms with Crippen molar-refractivity contribution >= 4 is 28.5 Å². The van der Waals surface area contributed by atoms with E-state index in [1.165, 1.54) is 0 Å². The zero-order valence-electron chi connectivity index (χ0n) is 16.5. The van der Waals surface area contributed by atoms with Gasteiger partial charge in [-0.3, -0.25) is 0 Å². The zero-order chi connectivity index (χ0) is 21.3. The van der Waals surface area contributed by atoms with E-state index < -0.39 is 5.97 Å². The van der Waals surface area contributed by atoms with Crippen molar-refractivity contribution in [3.05, 3.63) is 77.4 Å². The molecule has 0 saturated carbocycles. The number of nitrogens with one attached hydrogen (secondary N) is 1. The van der Waals surface area contributed by atoms with Crippen molar-refractivity contribution in [2.24, 2.45) is 0 Å². The van der Waals surface area contributed by atoms with Crippen LogP contribution in [0.5, 0.6) is 17.2 Å². The van der Waals surface area contributed by atoms with Crippen molar-refractivity contribution in [2.45, 2.75) is 20.0 Å². The number of aromatic carboxylic acids is 1. The minimum atomic E-state index is -1.03. The fourth-order valence-electron chi connectivity index (χ4n) is 3.33. The molecule has 0 aliphatic rings. The quantitative estimate of drug-likeness (QED) is 0.360. The number of fused-ring (bicyclic) bond motifs is 1. The Kier molecular flexibility index (Phi) is 5.38. The van der Waals surface area contributed by atoms with Gasteiger partial charge in [-0.05, 0) is 67.9 Å². The number of hydrogen-bond donors (Lipinski definition) is 2. The molecule has 4 aromatic rings. The summed E-state index contributed by atoms with van der Waals surface area (Å²) in [6.45, 7) is 3.91. The summed E-state index contributed by atoms with van der Waals surface area (Å²) in [6, 6.07) is 19.9. The molecule has 0 fully saturated rings. The number of carboxylic acids is 1. The number of ether oxygens (including phenoxy) is 2. The maximum Gasteiger partial charge on any atom is 0.352 e. The molecule has 0 aliphatic carbocycles. The van der Waals surface area contributed by atoms with Crippen molar-refractivity contribution in [3.63, 3.8) is 0 Å². The highest BCUT2D eigenvalue weighted by molar-refractivity contribution is 6.30. The third-order valence-corrected chi connectivity index (χ3v) is 4.77. The van der Waals surface area contributed by atoms with Crippen LogP contribution in [0.3, 0.4) is 0 Å². The second-order valence-electron chi connectivity index (χ2n) is 7.14. The lowest BCUT2D eigenvalue weighted by Crippen LogP contribution is -2.05. The van der Waals surface area contributed by atoms with Crippen LogP contribution in [0.1, 0.15) is 24.3 Å². The number of H-pyrrole nitrogens is 1. The molecule has 6 heteroatoms. The highest BCUT2D eigenvalue weighted by Crippen LogP contribution is 2.36. The van der Waals surface area contributed by atoms with Gasteiger partial charge in [-0.2, -0.15) is 0 Å². The van der Waals surface area contributed by atoms with Crippen LogP contribution in [0, 0.1) is 0 Å². The Labute approximate surface area is 178 Å². The molecule has 1 heterocycles. The van der Waals surface area contributed by atoms with Crippen LogP contribution in [-0.2, 0) is 0 Å². The summed E-state index contributed by atoms with van der Waals surface area (Å²) >= 11 is 6.03. The second-order valence-corrected chi connectivity index (χ2v) is 7.57. The molecule has 1 aromatic heterocycles. The molecule has 152 valence electrons. The van der Waals surface area contributed by atoms with Crippen LogP contribution in [0.15, 0.2) is 66.7 Å². The molecular weight excluding hydrogens is 402 g/mol. The Balaban J connectivity index is 1.78. The molecule has 4 rings (SSSR count). The Bertz CT molecular complexity index is 1210.